The van der Waals surface area contributed by atoms with Gasteiger partial charge in [0.05, 0.1) is 19.8 Å². The largest absolute Gasteiger partial charge is 0.497 e. The zero-order chi connectivity index (χ0) is 16.1. The minimum absolute atomic E-state index is 0.129. The lowest BCUT2D eigenvalue weighted by molar-refractivity contribution is 0.0464. The SMILES string of the molecule is COc1ccc(OC)c(COC(=O)c2ccc(F)cc2F)c1. The van der Waals surface area contributed by atoms with E-state index in [4.69, 9.17) is 14.2 Å². The molecule has 4 nitrogen and oxygen atoms in total. The molecule has 0 unspecified atom stereocenters. The fourth-order valence-corrected chi connectivity index (χ4v) is 1.87. The molecule has 6 heteroatoms. The van der Waals surface area contributed by atoms with Gasteiger partial charge >= 0.3 is 5.97 Å². The highest BCUT2D eigenvalue weighted by atomic mass is 19.1. The van der Waals surface area contributed by atoms with Crippen molar-refractivity contribution in [3.05, 3.63) is 59.2 Å². The molecular formula is C16H14F2O4. The summed E-state index contributed by atoms with van der Waals surface area (Å²) in [5.74, 6) is -1.54. The number of carbonyl (C=O) groups excluding carboxylic acids is 1. The first-order valence-electron chi connectivity index (χ1n) is 6.38. The Labute approximate surface area is 126 Å². The van der Waals surface area contributed by atoms with E-state index in [1.165, 1.54) is 14.2 Å². The molecule has 0 fully saturated rings. The molecular weight excluding hydrogens is 294 g/mol. The van der Waals surface area contributed by atoms with Gasteiger partial charge in [0.2, 0.25) is 0 Å². The Kier molecular flexibility index (Phi) is 4.93. The van der Waals surface area contributed by atoms with E-state index in [2.05, 4.69) is 0 Å². The maximum Gasteiger partial charge on any atom is 0.341 e. The third-order valence-electron chi connectivity index (χ3n) is 3.00. The smallest absolute Gasteiger partial charge is 0.341 e. The van der Waals surface area contributed by atoms with Gasteiger partial charge in [0.25, 0.3) is 0 Å². The van der Waals surface area contributed by atoms with Crippen molar-refractivity contribution < 1.29 is 27.8 Å². The maximum atomic E-state index is 13.5. The first-order valence-corrected chi connectivity index (χ1v) is 6.38. The molecule has 0 spiro atoms. The third-order valence-corrected chi connectivity index (χ3v) is 3.00. The van der Waals surface area contributed by atoms with Crippen LogP contribution in [0.4, 0.5) is 8.78 Å². The predicted molar refractivity (Wildman–Crippen MR) is 75.0 cm³/mol. The highest BCUT2D eigenvalue weighted by Gasteiger charge is 2.15. The average Bonchev–Trinajstić information content (AvgIpc) is 2.52. The summed E-state index contributed by atoms with van der Waals surface area (Å²) in [7, 11) is 2.98. The van der Waals surface area contributed by atoms with Crippen molar-refractivity contribution in [2.45, 2.75) is 6.61 Å². The molecule has 0 amide bonds. The second-order valence-electron chi connectivity index (χ2n) is 4.38. The van der Waals surface area contributed by atoms with Crippen LogP contribution in [0, 0.1) is 11.6 Å². The number of rotatable bonds is 5. The van der Waals surface area contributed by atoms with E-state index in [0.29, 0.717) is 23.1 Å². The summed E-state index contributed by atoms with van der Waals surface area (Å²) in [6.07, 6.45) is 0. The highest BCUT2D eigenvalue weighted by molar-refractivity contribution is 5.89. The van der Waals surface area contributed by atoms with Gasteiger partial charge in [0.1, 0.15) is 29.7 Å². The molecule has 0 atom stereocenters. The topological polar surface area (TPSA) is 44.8 Å². The van der Waals surface area contributed by atoms with E-state index in [1.54, 1.807) is 18.2 Å². The van der Waals surface area contributed by atoms with Gasteiger partial charge in [-0.3, -0.25) is 0 Å². The first kappa shape index (κ1) is 15.8. The van der Waals surface area contributed by atoms with Gasteiger partial charge in [-0.1, -0.05) is 0 Å². The third kappa shape index (κ3) is 3.52. The Balaban J connectivity index is 2.13. The van der Waals surface area contributed by atoms with Crippen LogP contribution >= 0.6 is 0 Å². The van der Waals surface area contributed by atoms with Crippen LogP contribution in [-0.2, 0) is 11.3 Å². The van der Waals surface area contributed by atoms with Crippen LogP contribution < -0.4 is 9.47 Å². The summed E-state index contributed by atoms with van der Waals surface area (Å²) in [6.45, 7) is -0.129. The minimum atomic E-state index is -0.970. The van der Waals surface area contributed by atoms with Crippen LogP contribution in [0.15, 0.2) is 36.4 Å². The minimum Gasteiger partial charge on any atom is -0.497 e. The van der Waals surface area contributed by atoms with E-state index in [9.17, 15) is 13.6 Å². The van der Waals surface area contributed by atoms with E-state index < -0.39 is 17.6 Å². The summed E-state index contributed by atoms with van der Waals surface area (Å²) in [6, 6.07) is 7.67. The molecule has 0 aliphatic rings. The zero-order valence-corrected chi connectivity index (χ0v) is 12.1. The van der Waals surface area contributed by atoms with Crippen LogP contribution in [0.1, 0.15) is 15.9 Å². The predicted octanol–water partition coefficient (Wildman–Crippen LogP) is 3.34. The number of methoxy groups -OCH3 is 2. The van der Waals surface area contributed by atoms with Crippen LogP contribution in [-0.4, -0.2) is 20.2 Å². The molecule has 22 heavy (non-hydrogen) atoms. The molecule has 0 aromatic heterocycles. The fourth-order valence-electron chi connectivity index (χ4n) is 1.87. The van der Waals surface area contributed by atoms with Gasteiger partial charge in [-0.25, -0.2) is 13.6 Å². The number of carbonyl (C=O) groups is 1. The van der Waals surface area contributed by atoms with Gasteiger partial charge in [0.15, 0.2) is 0 Å². The van der Waals surface area contributed by atoms with Gasteiger partial charge in [-0.05, 0) is 30.3 Å². The van der Waals surface area contributed by atoms with Crippen LogP contribution in [0.25, 0.3) is 0 Å². The Morgan fingerprint density at radius 2 is 1.82 bits per heavy atom. The lowest BCUT2D eigenvalue weighted by Gasteiger charge is -2.11. The maximum absolute atomic E-state index is 13.5. The molecule has 0 radical (unpaired) electrons. The summed E-state index contributed by atoms with van der Waals surface area (Å²) in [5, 5.41) is 0. The Bertz CT molecular complexity index is 686. The van der Waals surface area contributed by atoms with Crippen LogP contribution in [0.2, 0.25) is 0 Å². The van der Waals surface area contributed by atoms with E-state index in [1.807, 2.05) is 0 Å². The van der Waals surface area contributed by atoms with Crippen molar-refractivity contribution in [3.8, 4) is 11.5 Å². The van der Waals surface area contributed by atoms with Crippen molar-refractivity contribution in [2.75, 3.05) is 14.2 Å². The normalized spacial score (nSPS) is 10.2. The zero-order valence-electron chi connectivity index (χ0n) is 12.1. The molecule has 0 saturated heterocycles. The first-order chi connectivity index (χ1) is 10.5. The molecule has 0 aliphatic carbocycles. The van der Waals surface area contributed by atoms with Crippen LogP contribution in [0.3, 0.4) is 0 Å². The Hall–Kier alpha value is -2.63. The second-order valence-corrected chi connectivity index (χ2v) is 4.38. The molecule has 0 N–H and O–H groups in total. The van der Waals surface area contributed by atoms with Gasteiger partial charge in [-0.15, -0.1) is 0 Å². The highest BCUT2D eigenvalue weighted by Crippen LogP contribution is 2.25. The van der Waals surface area contributed by atoms with Gasteiger partial charge < -0.3 is 14.2 Å². The summed E-state index contributed by atoms with van der Waals surface area (Å²) < 4.78 is 41.6. The molecule has 0 saturated carbocycles. The molecule has 0 heterocycles. The molecule has 2 aromatic carbocycles. The number of halogens is 2. The average molecular weight is 308 g/mol. The van der Waals surface area contributed by atoms with Crippen molar-refractivity contribution in [1.29, 1.82) is 0 Å². The monoisotopic (exact) mass is 308 g/mol. The lowest BCUT2D eigenvalue weighted by Crippen LogP contribution is -2.08. The standard InChI is InChI=1S/C16H14F2O4/c1-20-12-4-6-15(21-2)10(7-12)9-22-16(19)13-5-3-11(17)8-14(13)18/h3-8H,9H2,1-2H3. The lowest BCUT2D eigenvalue weighted by atomic mass is 10.2. The number of hydrogen-bond acceptors (Lipinski definition) is 4. The molecule has 116 valence electrons. The molecule has 0 bridgehead atoms. The summed E-state index contributed by atoms with van der Waals surface area (Å²) in [4.78, 5) is 11.8. The van der Waals surface area contributed by atoms with Crippen molar-refractivity contribution >= 4 is 5.97 Å². The van der Waals surface area contributed by atoms with E-state index >= 15 is 0 Å². The van der Waals surface area contributed by atoms with Crippen LogP contribution in [0.5, 0.6) is 11.5 Å². The number of benzene rings is 2. The Morgan fingerprint density at radius 3 is 2.45 bits per heavy atom. The summed E-state index contributed by atoms with van der Waals surface area (Å²) >= 11 is 0. The number of esters is 1. The Morgan fingerprint density at radius 1 is 1.05 bits per heavy atom. The van der Waals surface area contributed by atoms with Crippen molar-refractivity contribution in [1.82, 2.24) is 0 Å². The van der Waals surface area contributed by atoms with Gasteiger partial charge in [0, 0.05) is 11.6 Å². The van der Waals surface area contributed by atoms with Crippen molar-refractivity contribution in [3.63, 3.8) is 0 Å². The van der Waals surface area contributed by atoms with E-state index in [-0.39, 0.29) is 12.2 Å². The fraction of sp³-hybridized carbons (Fsp3) is 0.188. The van der Waals surface area contributed by atoms with E-state index in [0.717, 1.165) is 12.1 Å². The molecule has 0 aliphatic heterocycles. The number of ether oxygens (including phenoxy) is 3. The second kappa shape index (κ2) is 6.89. The van der Waals surface area contributed by atoms with Crippen molar-refractivity contribution in [2.24, 2.45) is 0 Å². The number of hydrogen-bond donors (Lipinski definition) is 0. The molecule has 2 rings (SSSR count). The van der Waals surface area contributed by atoms with Gasteiger partial charge in [-0.2, -0.15) is 0 Å². The summed E-state index contributed by atoms with van der Waals surface area (Å²) in [5.41, 5.74) is 0.237. The molecule has 2 aromatic rings. The quantitative estimate of drug-likeness (QED) is 0.795.